The quantitative estimate of drug-likeness (QED) is 0.192. The molecule has 0 fully saturated rings. The number of hydrogen-bond acceptors (Lipinski definition) is 6. The molecule has 10 heteroatoms. The smallest absolute Gasteiger partial charge is 0.780 e. The van der Waals surface area contributed by atoms with Crippen LogP contribution in [-0.4, -0.2) is 33.8 Å². The molecule has 0 aliphatic heterocycles. The van der Waals surface area contributed by atoms with Gasteiger partial charge in [0.1, 0.15) is 0 Å². The van der Waals surface area contributed by atoms with Gasteiger partial charge in [-0.1, -0.05) is 112 Å². The fraction of sp³-hybridized carbons (Fsp3) is 0.212. The third kappa shape index (κ3) is 11.4. The molecule has 0 N–H and O–H groups in total. The number of nitrogens with zero attached hydrogens (tertiary/aromatic N) is 4. The van der Waals surface area contributed by atoms with E-state index < -0.39 is 9.84 Å². The predicted molar refractivity (Wildman–Crippen MR) is 180 cm³/mol. The Balaban J connectivity index is 0.000000321. The molecule has 43 heavy (non-hydrogen) atoms. The maximum atomic E-state index is 11.3. The number of imidazole rings is 2. The van der Waals surface area contributed by atoms with Crippen molar-refractivity contribution in [3.05, 3.63) is 109 Å². The van der Waals surface area contributed by atoms with Gasteiger partial charge in [-0.25, -0.2) is 18.4 Å². The molecule has 6 aromatic rings. The van der Waals surface area contributed by atoms with Crippen molar-refractivity contribution >= 4 is 56.3 Å². The van der Waals surface area contributed by atoms with Gasteiger partial charge in [-0.05, 0) is 36.4 Å². The topological polar surface area (TPSA) is 69.8 Å². The van der Waals surface area contributed by atoms with Crippen molar-refractivity contribution in [3.63, 3.8) is 0 Å². The van der Waals surface area contributed by atoms with E-state index in [4.69, 9.17) is 12.6 Å². The molecule has 0 aliphatic rings. The third-order valence-electron chi connectivity index (χ3n) is 5.52. The van der Waals surface area contributed by atoms with Crippen molar-refractivity contribution in [2.45, 2.75) is 47.8 Å². The summed E-state index contributed by atoms with van der Waals surface area (Å²) in [6.45, 7) is 8.00. The number of hydrogen-bond donors (Lipinski definition) is 0. The van der Waals surface area contributed by atoms with E-state index in [1.807, 2.05) is 113 Å². The number of para-hydroxylation sites is 4. The van der Waals surface area contributed by atoms with Crippen LogP contribution in [0.5, 0.6) is 0 Å². The zero-order chi connectivity index (χ0) is 31.1. The molecule has 6 rings (SSSR count). The van der Waals surface area contributed by atoms with Crippen LogP contribution in [0.15, 0.2) is 129 Å². The molecule has 0 unspecified atom stereocenters. The van der Waals surface area contributed by atoms with Gasteiger partial charge in [0.2, 0.25) is 15.0 Å². The van der Waals surface area contributed by atoms with Crippen molar-refractivity contribution in [3.8, 4) is 0 Å². The number of fused-ring (bicyclic) bond motifs is 2. The molecule has 0 saturated carbocycles. The second kappa shape index (κ2) is 19.6. The molecule has 0 aliphatic carbocycles. The van der Waals surface area contributed by atoms with E-state index in [0.29, 0.717) is 5.52 Å². The Morgan fingerprint density at radius 3 is 1.47 bits per heavy atom. The van der Waals surface area contributed by atoms with Crippen LogP contribution < -0.4 is 29.6 Å². The van der Waals surface area contributed by atoms with Gasteiger partial charge in [-0.2, -0.15) is 4.90 Å². The molecule has 0 spiro atoms. The van der Waals surface area contributed by atoms with E-state index in [1.54, 1.807) is 29.4 Å². The average Bonchev–Trinajstić information content (AvgIpc) is 3.53. The van der Waals surface area contributed by atoms with Gasteiger partial charge >= 0.3 is 29.6 Å². The van der Waals surface area contributed by atoms with Crippen LogP contribution in [0.1, 0.15) is 27.7 Å². The zero-order valence-corrected chi connectivity index (χ0v) is 30.7. The Morgan fingerprint density at radius 1 is 0.628 bits per heavy atom. The molecule has 0 amide bonds. The van der Waals surface area contributed by atoms with E-state index in [9.17, 15) is 8.42 Å². The molecule has 222 valence electrons. The molecule has 2 aromatic heterocycles. The van der Waals surface area contributed by atoms with Gasteiger partial charge in [-0.3, -0.25) is 0 Å². The van der Waals surface area contributed by atoms with Crippen LogP contribution >= 0.6 is 11.8 Å². The Bertz CT molecular complexity index is 1760. The van der Waals surface area contributed by atoms with E-state index in [0.717, 1.165) is 27.3 Å². The predicted octanol–water partition coefficient (Wildman–Crippen LogP) is 5.35. The van der Waals surface area contributed by atoms with E-state index >= 15 is 0 Å². The molecule has 0 atom stereocenters. The summed E-state index contributed by atoms with van der Waals surface area (Å²) in [5, 5.41) is 1.14. The minimum absolute atomic E-state index is 0. The summed E-state index contributed by atoms with van der Waals surface area (Å²) in [7, 11) is 0.513. The summed E-state index contributed by atoms with van der Waals surface area (Å²) in [5.74, 6) is 0. The first-order chi connectivity index (χ1) is 20.2. The SMILES string of the molecule is CC.CC.Cn1c(S(C)(=O)=O)nc2ccccc21.Cn1c(Sc2ccccc2)nc2ccccc21.[Na+].[S-]c1ccccc1. The number of rotatable bonds is 3. The van der Waals surface area contributed by atoms with Crippen molar-refractivity contribution in [2.24, 2.45) is 14.1 Å². The summed E-state index contributed by atoms with van der Waals surface area (Å²) in [4.78, 5) is 10.8. The summed E-state index contributed by atoms with van der Waals surface area (Å²) in [6.07, 6.45) is 1.16. The maximum absolute atomic E-state index is 11.3. The number of sulfone groups is 1. The largest absolute Gasteiger partial charge is 1.00 e. The van der Waals surface area contributed by atoms with E-state index in [1.165, 1.54) is 10.4 Å². The molecular formula is C33H39N4NaO2S3. The first-order valence-corrected chi connectivity index (χ1v) is 16.8. The number of aromatic nitrogens is 4. The first-order valence-electron chi connectivity index (χ1n) is 13.7. The fourth-order valence-electron chi connectivity index (χ4n) is 3.68. The second-order valence-electron chi connectivity index (χ2n) is 8.38. The Morgan fingerprint density at radius 2 is 1.05 bits per heavy atom. The van der Waals surface area contributed by atoms with Gasteiger partial charge in [0, 0.05) is 25.2 Å². The standard InChI is InChI=1S/C14H12N2S.C9H10N2O2S.C6H6S.2C2H6.Na/c1-16-13-10-6-5-9-12(13)15-14(16)17-11-7-3-2-4-8-11;1-11-8-6-4-3-5-7(8)10-9(11)14(2,12)13;7-6-4-2-1-3-5-6;2*1-2;/h2-10H,1H3;3-6H,1-2H3;1-5,7H;2*1-2H3;/q;;;;;+1/p-1. The first kappa shape index (κ1) is 38.4. The Hall–Kier alpha value is -2.66. The van der Waals surface area contributed by atoms with Crippen LogP contribution in [0.4, 0.5) is 0 Å². The van der Waals surface area contributed by atoms with Crippen LogP contribution in [0.2, 0.25) is 0 Å². The van der Waals surface area contributed by atoms with Crippen molar-refractivity contribution in [2.75, 3.05) is 6.26 Å². The van der Waals surface area contributed by atoms with Gasteiger partial charge < -0.3 is 21.8 Å². The van der Waals surface area contributed by atoms with Gasteiger partial charge in [0.05, 0.1) is 22.1 Å². The second-order valence-corrected chi connectivity index (χ2v) is 11.8. The fourth-order valence-corrected chi connectivity index (χ4v) is 5.58. The average molecular weight is 643 g/mol. The van der Waals surface area contributed by atoms with Crippen molar-refractivity contribution < 1.29 is 38.0 Å². The summed E-state index contributed by atoms with van der Waals surface area (Å²) in [6, 6.07) is 35.5. The number of benzene rings is 4. The van der Waals surface area contributed by atoms with Crippen LogP contribution in [0.3, 0.4) is 0 Å². The van der Waals surface area contributed by atoms with E-state index in [2.05, 4.69) is 39.8 Å². The van der Waals surface area contributed by atoms with Crippen molar-refractivity contribution in [1.29, 1.82) is 0 Å². The molecule has 6 nitrogen and oxygen atoms in total. The van der Waals surface area contributed by atoms with Crippen LogP contribution in [-0.2, 0) is 36.6 Å². The van der Waals surface area contributed by atoms with Crippen LogP contribution in [0.25, 0.3) is 22.1 Å². The molecule has 0 saturated heterocycles. The molecule has 0 radical (unpaired) electrons. The Labute approximate surface area is 288 Å². The molecule has 2 heterocycles. The summed E-state index contributed by atoms with van der Waals surface area (Å²) < 4.78 is 26.4. The molecule has 4 aromatic carbocycles. The summed E-state index contributed by atoms with van der Waals surface area (Å²) in [5.41, 5.74) is 3.75. The Kier molecular flexibility index (Phi) is 17.5. The minimum atomic E-state index is -3.24. The normalized spacial score (nSPS) is 9.93. The zero-order valence-electron chi connectivity index (χ0n) is 26.2. The number of aryl methyl sites for hydroxylation is 2. The maximum Gasteiger partial charge on any atom is 1.00 e. The third-order valence-corrected chi connectivity index (χ3v) is 7.88. The monoisotopic (exact) mass is 642 g/mol. The summed E-state index contributed by atoms with van der Waals surface area (Å²) >= 11 is 6.50. The van der Waals surface area contributed by atoms with Crippen molar-refractivity contribution in [1.82, 2.24) is 19.1 Å². The van der Waals surface area contributed by atoms with E-state index in [-0.39, 0.29) is 34.7 Å². The molecular weight excluding hydrogens is 604 g/mol. The van der Waals surface area contributed by atoms with Crippen LogP contribution in [0, 0.1) is 0 Å². The van der Waals surface area contributed by atoms with Gasteiger partial charge in [-0.15, -0.1) is 0 Å². The molecule has 0 bridgehead atoms. The minimum Gasteiger partial charge on any atom is -0.780 e. The van der Waals surface area contributed by atoms with Gasteiger partial charge in [0.15, 0.2) is 5.16 Å². The van der Waals surface area contributed by atoms with Gasteiger partial charge in [0.25, 0.3) is 0 Å².